The number of hydrogen-bond donors (Lipinski definition) is 1. The number of anilines is 4. The zero-order valence-corrected chi connectivity index (χ0v) is 31.4. The Morgan fingerprint density at radius 1 is 0.473 bits per heavy atom. The topological polar surface area (TPSA) is 15.3 Å². The van der Waals surface area contributed by atoms with Gasteiger partial charge in [-0.1, -0.05) is 169 Å². The quantitative estimate of drug-likeness (QED) is 0.183. The average Bonchev–Trinajstić information content (AvgIpc) is 3.86. The summed E-state index contributed by atoms with van der Waals surface area (Å²) in [5.41, 5.74) is 10.8. The van der Waals surface area contributed by atoms with Gasteiger partial charge in [-0.3, -0.25) is 0 Å². The van der Waals surface area contributed by atoms with Crippen molar-refractivity contribution in [1.82, 2.24) is 0 Å². The molecule has 2 nitrogen and oxygen atoms in total. The summed E-state index contributed by atoms with van der Waals surface area (Å²) in [6.07, 6.45) is 0. The lowest BCUT2D eigenvalue weighted by molar-refractivity contribution is 1.13. The van der Waals surface area contributed by atoms with Crippen LogP contribution in [0.2, 0.25) is 0 Å². The minimum atomic E-state index is 0.104. The molecule has 9 aromatic carbocycles. The number of rotatable bonds is 6. The molecule has 1 aliphatic heterocycles. The van der Waals surface area contributed by atoms with Crippen molar-refractivity contribution in [3.63, 3.8) is 0 Å². The highest BCUT2D eigenvalue weighted by molar-refractivity contribution is 8.00. The minimum Gasteiger partial charge on any atom is -0.367 e. The normalized spacial score (nSPS) is 13.7. The summed E-state index contributed by atoms with van der Waals surface area (Å²) < 4.78 is 2.57. The van der Waals surface area contributed by atoms with E-state index in [9.17, 15) is 0 Å². The van der Waals surface area contributed by atoms with Crippen molar-refractivity contribution in [3.05, 3.63) is 200 Å². The molecule has 0 fully saturated rings. The molecule has 4 heteroatoms. The SMILES string of the molecule is c1ccc(-c2ccc(N(c3ccc(-c4ccc5ccccc5c4)c4ccccc34)c3c4c(cc5c3sc3ccccc35)SC(c3ccccc3)N4)cc2)cc1. The first-order valence-corrected chi connectivity index (χ1v) is 20.4. The highest BCUT2D eigenvalue weighted by atomic mass is 32.2. The minimum absolute atomic E-state index is 0.104. The van der Waals surface area contributed by atoms with Crippen LogP contribution in [0, 0.1) is 0 Å². The Labute approximate surface area is 328 Å². The van der Waals surface area contributed by atoms with E-state index in [1.807, 2.05) is 23.1 Å². The molecule has 11 rings (SSSR count). The molecule has 2 heterocycles. The van der Waals surface area contributed by atoms with Gasteiger partial charge in [-0.15, -0.1) is 11.3 Å². The Balaban J connectivity index is 1.18. The number of benzene rings is 9. The highest BCUT2D eigenvalue weighted by Gasteiger charge is 2.32. The van der Waals surface area contributed by atoms with Crippen LogP contribution >= 0.6 is 23.1 Å². The maximum Gasteiger partial charge on any atom is 0.103 e. The van der Waals surface area contributed by atoms with Crippen molar-refractivity contribution in [2.75, 3.05) is 10.2 Å². The van der Waals surface area contributed by atoms with Crippen LogP contribution in [0.1, 0.15) is 10.9 Å². The molecule has 1 aliphatic rings. The Hall–Kier alpha value is -6.33. The molecule has 10 aromatic rings. The van der Waals surface area contributed by atoms with Crippen molar-refractivity contribution in [3.8, 4) is 22.3 Å². The first-order chi connectivity index (χ1) is 27.3. The van der Waals surface area contributed by atoms with E-state index in [2.05, 4.69) is 204 Å². The summed E-state index contributed by atoms with van der Waals surface area (Å²) >= 11 is 3.79. The predicted molar refractivity (Wildman–Crippen MR) is 239 cm³/mol. The van der Waals surface area contributed by atoms with Gasteiger partial charge in [0.25, 0.3) is 0 Å². The van der Waals surface area contributed by atoms with Gasteiger partial charge in [0.1, 0.15) is 5.37 Å². The number of nitrogens with one attached hydrogen (secondary N) is 1. The van der Waals surface area contributed by atoms with Gasteiger partial charge in [0.05, 0.1) is 21.8 Å². The molecular formula is C51H34N2S2. The molecule has 0 spiro atoms. The fraction of sp³-hybridized carbons (Fsp3) is 0.0196. The fourth-order valence-electron chi connectivity index (χ4n) is 8.24. The fourth-order valence-corrected chi connectivity index (χ4v) is 10.6. The molecule has 1 N–H and O–H groups in total. The molecule has 0 saturated heterocycles. The van der Waals surface area contributed by atoms with E-state index in [0.29, 0.717) is 0 Å². The Kier molecular flexibility index (Phi) is 7.71. The summed E-state index contributed by atoms with van der Waals surface area (Å²) in [6.45, 7) is 0. The lowest BCUT2D eigenvalue weighted by Crippen LogP contribution is -2.13. The van der Waals surface area contributed by atoms with Crippen LogP contribution in [0.25, 0.3) is 64.0 Å². The van der Waals surface area contributed by atoms with Crippen LogP contribution in [0.5, 0.6) is 0 Å². The van der Waals surface area contributed by atoms with E-state index in [-0.39, 0.29) is 5.37 Å². The third-order valence-electron chi connectivity index (χ3n) is 10.9. The largest absolute Gasteiger partial charge is 0.367 e. The monoisotopic (exact) mass is 738 g/mol. The first kappa shape index (κ1) is 32.1. The van der Waals surface area contributed by atoms with Crippen LogP contribution in [-0.4, -0.2) is 0 Å². The number of nitrogens with zero attached hydrogens (tertiary/aromatic N) is 1. The third-order valence-corrected chi connectivity index (χ3v) is 13.3. The third kappa shape index (κ3) is 5.48. The zero-order chi connectivity index (χ0) is 36.3. The standard InChI is InChI=1S/C51H34N2S2/c1-3-13-33(14-4-1)35-25-27-39(28-26-35)53(45-30-29-40(41-19-9-10-20-42(41)45)38-24-23-34-15-7-8-18-37(34)31-38)49-48-47(55-51(52-48)36-16-5-2-6-17-36)32-44-43-21-11-12-22-46(43)54-50(44)49/h1-32,51-52H. The molecule has 0 aliphatic carbocycles. The van der Waals surface area contributed by atoms with Crippen molar-refractivity contribution in [2.24, 2.45) is 0 Å². The molecule has 1 atom stereocenters. The molecule has 1 aromatic heterocycles. The summed E-state index contributed by atoms with van der Waals surface area (Å²) in [5, 5.41) is 11.7. The Morgan fingerprint density at radius 2 is 1.13 bits per heavy atom. The van der Waals surface area contributed by atoms with Crippen molar-refractivity contribution >= 4 is 87.6 Å². The molecule has 0 radical (unpaired) electrons. The molecule has 260 valence electrons. The van der Waals surface area contributed by atoms with E-state index in [4.69, 9.17) is 0 Å². The van der Waals surface area contributed by atoms with E-state index >= 15 is 0 Å². The smallest absolute Gasteiger partial charge is 0.103 e. The second-order valence-electron chi connectivity index (χ2n) is 14.1. The number of fused-ring (bicyclic) bond motifs is 6. The van der Waals surface area contributed by atoms with Crippen molar-refractivity contribution < 1.29 is 0 Å². The summed E-state index contributed by atoms with van der Waals surface area (Å²) in [4.78, 5) is 3.79. The maximum atomic E-state index is 4.04. The number of thioether (sulfide) groups is 1. The lowest BCUT2D eigenvalue weighted by atomic mass is 9.94. The number of thiophene rings is 1. The molecule has 1 unspecified atom stereocenters. The zero-order valence-electron chi connectivity index (χ0n) is 29.8. The summed E-state index contributed by atoms with van der Waals surface area (Å²) in [5.74, 6) is 0. The van der Waals surface area contributed by atoms with Crippen LogP contribution in [0.15, 0.2) is 199 Å². The van der Waals surface area contributed by atoms with Gasteiger partial charge in [-0.25, -0.2) is 0 Å². The number of hydrogen-bond acceptors (Lipinski definition) is 4. The van der Waals surface area contributed by atoms with Gasteiger partial charge in [-0.2, -0.15) is 0 Å². The van der Waals surface area contributed by atoms with Crippen LogP contribution in [-0.2, 0) is 0 Å². The second-order valence-corrected chi connectivity index (χ2v) is 16.3. The van der Waals surface area contributed by atoms with Crippen LogP contribution in [0.3, 0.4) is 0 Å². The molecule has 55 heavy (non-hydrogen) atoms. The lowest BCUT2D eigenvalue weighted by Gasteiger charge is -2.30. The van der Waals surface area contributed by atoms with Crippen LogP contribution < -0.4 is 10.2 Å². The Bertz CT molecular complexity index is 3040. The van der Waals surface area contributed by atoms with Gasteiger partial charge < -0.3 is 10.2 Å². The van der Waals surface area contributed by atoms with Gasteiger partial charge in [0.2, 0.25) is 0 Å². The van der Waals surface area contributed by atoms with E-state index in [1.165, 1.54) is 85.8 Å². The van der Waals surface area contributed by atoms with Crippen LogP contribution in [0.4, 0.5) is 22.7 Å². The molecular weight excluding hydrogens is 705 g/mol. The van der Waals surface area contributed by atoms with Gasteiger partial charge in [-0.05, 0) is 80.4 Å². The van der Waals surface area contributed by atoms with E-state index in [1.54, 1.807) is 0 Å². The maximum absolute atomic E-state index is 4.04. The van der Waals surface area contributed by atoms with Gasteiger partial charge >= 0.3 is 0 Å². The summed E-state index contributed by atoms with van der Waals surface area (Å²) in [6, 6.07) is 70.9. The summed E-state index contributed by atoms with van der Waals surface area (Å²) in [7, 11) is 0. The molecule has 0 amide bonds. The first-order valence-electron chi connectivity index (χ1n) is 18.7. The Morgan fingerprint density at radius 3 is 1.95 bits per heavy atom. The van der Waals surface area contributed by atoms with Gasteiger partial charge in [0.15, 0.2) is 0 Å². The van der Waals surface area contributed by atoms with E-state index < -0.39 is 0 Å². The van der Waals surface area contributed by atoms with Crippen molar-refractivity contribution in [2.45, 2.75) is 10.3 Å². The highest BCUT2D eigenvalue weighted by Crippen LogP contribution is 2.58. The van der Waals surface area contributed by atoms with E-state index in [0.717, 1.165) is 11.4 Å². The van der Waals surface area contributed by atoms with Crippen molar-refractivity contribution in [1.29, 1.82) is 0 Å². The predicted octanol–water partition coefficient (Wildman–Crippen LogP) is 15.4. The average molecular weight is 739 g/mol. The molecule has 0 saturated carbocycles. The second kappa shape index (κ2) is 13.2. The molecule has 0 bridgehead atoms. The van der Waals surface area contributed by atoms with Gasteiger partial charge in [0, 0.05) is 31.4 Å².